The van der Waals surface area contributed by atoms with Crippen LogP contribution in [0.3, 0.4) is 0 Å². The Morgan fingerprint density at radius 2 is 1.68 bits per heavy atom. The molecule has 1 heterocycles. The Balaban J connectivity index is 1.73. The summed E-state index contributed by atoms with van der Waals surface area (Å²) in [5, 5.41) is 3.63. The van der Waals surface area contributed by atoms with Crippen molar-refractivity contribution in [2.24, 2.45) is 0 Å². The van der Waals surface area contributed by atoms with E-state index in [0.29, 0.717) is 6.61 Å². The monoisotopic (exact) mass is 384 g/mol. The highest BCUT2D eigenvalue weighted by atomic mass is 16.5. The number of hydrogen-bond donors (Lipinski definition) is 1. The normalized spacial score (nSPS) is 16.0. The molecule has 2 aromatic carbocycles. The average molecular weight is 385 g/mol. The van der Waals surface area contributed by atoms with Gasteiger partial charge in [0.25, 0.3) is 0 Å². The molecule has 0 fully saturated rings. The van der Waals surface area contributed by atoms with Crippen LogP contribution in [0.2, 0.25) is 0 Å². The number of benzene rings is 2. The molecule has 0 aliphatic carbocycles. The van der Waals surface area contributed by atoms with Gasteiger partial charge in [-0.2, -0.15) is 0 Å². The maximum absolute atomic E-state index is 5.92. The second-order valence-electron chi connectivity index (χ2n) is 6.99. The van der Waals surface area contributed by atoms with Crippen molar-refractivity contribution in [2.45, 2.75) is 26.3 Å². The van der Waals surface area contributed by atoms with Crippen molar-refractivity contribution < 1.29 is 14.2 Å². The molecular formula is C23H32N2O3. The van der Waals surface area contributed by atoms with Crippen molar-refractivity contribution in [2.75, 3.05) is 47.0 Å². The Bertz CT molecular complexity index is 757. The molecule has 1 atom stereocenters. The van der Waals surface area contributed by atoms with Crippen LogP contribution < -0.4 is 19.5 Å². The lowest BCUT2D eigenvalue weighted by Crippen LogP contribution is -2.30. The molecule has 0 saturated carbocycles. The van der Waals surface area contributed by atoms with Gasteiger partial charge in [0.1, 0.15) is 12.4 Å². The van der Waals surface area contributed by atoms with Crippen molar-refractivity contribution in [3.8, 4) is 17.2 Å². The standard InChI is InChI=1S/C23H32N2O3/c1-5-25(6-2)13-14-28-19-9-7-17(8-10-19)23-20-16-22(27-4)21(26-3)15-18(20)11-12-24-23/h7-10,15-16,23-24H,5-6,11-14H2,1-4H3. The van der Waals surface area contributed by atoms with Crippen LogP contribution in [0, 0.1) is 0 Å². The smallest absolute Gasteiger partial charge is 0.161 e. The lowest BCUT2D eigenvalue weighted by atomic mass is 9.89. The van der Waals surface area contributed by atoms with E-state index >= 15 is 0 Å². The van der Waals surface area contributed by atoms with E-state index in [1.165, 1.54) is 16.7 Å². The number of fused-ring (bicyclic) bond motifs is 1. The van der Waals surface area contributed by atoms with Crippen LogP contribution in [0.5, 0.6) is 17.2 Å². The molecule has 152 valence electrons. The van der Waals surface area contributed by atoms with E-state index in [2.05, 4.69) is 60.5 Å². The van der Waals surface area contributed by atoms with Gasteiger partial charge in [-0.05, 0) is 60.5 Å². The molecule has 0 radical (unpaired) electrons. The minimum Gasteiger partial charge on any atom is -0.493 e. The first-order valence-corrected chi connectivity index (χ1v) is 10.1. The molecule has 0 amide bonds. The van der Waals surface area contributed by atoms with E-state index in [9.17, 15) is 0 Å². The summed E-state index contributed by atoms with van der Waals surface area (Å²) in [6.07, 6.45) is 0.985. The highest BCUT2D eigenvalue weighted by Crippen LogP contribution is 2.37. The predicted molar refractivity (Wildman–Crippen MR) is 113 cm³/mol. The Hall–Kier alpha value is -2.24. The molecule has 0 aromatic heterocycles. The minimum absolute atomic E-state index is 0.147. The van der Waals surface area contributed by atoms with E-state index in [4.69, 9.17) is 14.2 Å². The maximum Gasteiger partial charge on any atom is 0.161 e. The van der Waals surface area contributed by atoms with Crippen LogP contribution in [0.4, 0.5) is 0 Å². The molecule has 3 rings (SSSR count). The van der Waals surface area contributed by atoms with Crippen LogP contribution in [-0.4, -0.2) is 51.9 Å². The first kappa shape index (κ1) is 20.5. The van der Waals surface area contributed by atoms with Crippen LogP contribution in [0.15, 0.2) is 36.4 Å². The van der Waals surface area contributed by atoms with E-state index in [1.807, 2.05) is 0 Å². The third kappa shape index (κ3) is 4.59. The number of hydrogen-bond acceptors (Lipinski definition) is 5. The fourth-order valence-corrected chi connectivity index (χ4v) is 3.77. The van der Waals surface area contributed by atoms with Gasteiger partial charge in [0.2, 0.25) is 0 Å². The van der Waals surface area contributed by atoms with Crippen molar-refractivity contribution in [3.05, 3.63) is 53.1 Å². The number of likely N-dealkylation sites (N-methyl/N-ethyl adjacent to an activating group) is 1. The lowest BCUT2D eigenvalue weighted by molar-refractivity contribution is 0.223. The van der Waals surface area contributed by atoms with Gasteiger partial charge in [-0.25, -0.2) is 0 Å². The van der Waals surface area contributed by atoms with Gasteiger partial charge in [-0.1, -0.05) is 26.0 Å². The van der Waals surface area contributed by atoms with Crippen molar-refractivity contribution in [1.82, 2.24) is 10.2 Å². The Morgan fingerprint density at radius 3 is 2.32 bits per heavy atom. The summed E-state index contributed by atoms with van der Waals surface area (Å²) < 4.78 is 16.9. The Kier molecular flexibility index (Phi) is 7.18. The fourth-order valence-electron chi connectivity index (χ4n) is 3.77. The van der Waals surface area contributed by atoms with Crippen LogP contribution >= 0.6 is 0 Å². The highest BCUT2D eigenvalue weighted by molar-refractivity contribution is 5.51. The summed E-state index contributed by atoms with van der Waals surface area (Å²) in [7, 11) is 3.36. The third-order valence-corrected chi connectivity index (χ3v) is 5.48. The Labute approximate surface area is 168 Å². The molecule has 28 heavy (non-hydrogen) atoms. The summed E-state index contributed by atoms with van der Waals surface area (Å²) in [6.45, 7) is 9.07. The third-order valence-electron chi connectivity index (χ3n) is 5.48. The van der Waals surface area contributed by atoms with Crippen molar-refractivity contribution in [3.63, 3.8) is 0 Å². The number of methoxy groups -OCH3 is 2. The molecule has 5 nitrogen and oxygen atoms in total. The van der Waals surface area contributed by atoms with E-state index in [1.54, 1.807) is 14.2 Å². The maximum atomic E-state index is 5.92. The number of ether oxygens (including phenoxy) is 3. The molecule has 1 aliphatic heterocycles. The zero-order valence-corrected chi connectivity index (χ0v) is 17.5. The first-order chi connectivity index (χ1) is 13.7. The van der Waals surface area contributed by atoms with Gasteiger partial charge < -0.3 is 24.4 Å². The van der Waals surface area contributed by atoms with E-state index in [0.717, 1.165) is 49.8 Å². The molecule has 0 bridgehead atoms. The number of nitrogens with one attached hydrogen (secondary N) is 1. The molecule has 0 saturated heterocycles. The fraction of sp³-hybridized carbons (Fsp3) is 0.478. The molecule has 1 aliphatic rings. The second kappa shape index (κ2) is 9.80. The summed E-state index contributed by atoms with van der Waals surface area (Å²) in [4.78, 5) is 2.36. The van der Waals surface area contributed by atoms with Gasteiger partial charge >= 0.3 is 0 Å². The molecule has 1 unspecified atom stereocenters. The molecule has 5 heteroatoms. The highest BCUT2D eigenvalue weighted by Gasteiger charge is 2.24. The summed E-state index contributed by atoms with van der Waals surface area (Å²) in [5.74, 6) is 2.48. The molecular weight excluding hydrogens is 352 g/mol. The predicted octanol–water partition coefficient (Wildman–Crippen LogP) is 3.66. The topological polar surface area (TPSA) is 43.0 Å². The number of nitrogens with zero attached hydrogens (tertiary/aromatic N) is 1. The molecule has 0 spiro atoms. The van der Waals surface area contributed by atoms with E-state index < -0.39 is 0 Å². The van der Waals surface area contributed by atoms with Crippen molar-refractivity contribution >= 4 is 0 Å². The second-order valence-corrected chi connectivity index (χ2v) is 6.99. The van der Waals surface area contributed by atoms with Crippen LogP contribution in [-0.2, 0) is 6.42 Å². The van der Waals surface area contributed by atoms with Gasteiger partial charge in [-0.15, -0.1) is 0 Å². The zero-order valence-electron chi connectivity index (χ0n) is 17.5. The van der Waals surface area contributed by atoms with E-state index in [-0.39, 0.29) is 6.04 Å². The van der Waals surface area contributed by atoms with Crippen LogP contribution in [0.1, 0.15) is 36.6 Å². The quantitative estimate of drug-likeness (QED) is 0.715. The minimum atomic E-state index is 0.147. The summed E-state index contributed by atoms with van der Waals surface area (Å²) >= 11 is 0. The van der Waals surface area contributed by atoms with Gasteiger partial charge in [-0.3, -0.25) is 0 Å². The Morgan fingerprint density at radius 1 is 1.00 bits per heavy atom. The SMILES string of the molecule is CCN(CC)CCOc1ccc(C2NCCc3cc(OC)c(OC)cc32)cc1. The first-order valence-electron chi connectivity index (χ1n) is 10.1. The average Bonchev–Trinajstić information content (AvgIpc) is 2.75. The van der Waals surface area contributed by atoms with Gasteiger partial charge in [0.05, 0.1) is 20.3 Å². The summed E-state index contributed by atoms with van der Waals surface area (Å²) in [5.41, 5.74) is 3.78. The summed E-state index contributed by atoms with van der Waals surface area (Å²) in [6, 6.07) is 12.8. The number of rotatable bonds is 9. The molecule has 2 aromatic rings. The zero-order chi connectivity index (χ0) is 19.9. The lowest BCUT2D eigenvalue weighted by Gasteiger charge is -2.28. The van der Waals surface area contributed by atoms with Gasteiger partial charge in [0.15, 0.2) is 11.5 Å². The van der Waals surface area contributed by atoms with Crippen LogP contribution in [0.25, 0.3) is 0 Å². The van der Waals surface area contributed by atoms with Crippen molar-refractivity contribution in [1.29, 1.82) is 0 Å². The molecule has 1 N–H and O–H groups in total. The van der Waals surface area contributed by atoms with Gasteiger partial charge in [0, 0.05) is 13.1 Å². The largest absolute Gasteiger partial charge is 0.493 e.